The minimum atomic E-state index is -0.359. The Morgan fingerprint density at radius 3 is 1.69 bits per heavy atom. The van der Waals surface area contributed by atoms with Crippen LogP contribution in [0.25, 0.3) is 5.57 Å². The van der Waals surface area contributed by atoms with E-state index >= 15 is 0 Å². The molecule has 0 aromatic heterocycles. The predicted molar refractivity (Wildman–Crippen MR) is 146 cm³/mol. The number of benzene rings is 3. The summed E-state index contributed by atoms with van der Waals surface area (Å²) < 4.78 is 16.6. The first kappa shape index (κ1) is 26.9. The molecule has 0 aliphatic rings. The first-order valence-electron chi connectivity index (χ1n) is 12.2. The van der Waals surface area contributed by atoms with Crippen LogP contribution in [0.2, 0.25) is 0 Å². The summed E-state index contributed by atoms with van der Waals surface area (Å²) in [6.45, 7) is 12.3. The molecule has 0 atom stereocenters. The van der Waals surface area contributed by atoms with E-state index in [0.29, 0.717) is 12.2 Å². The van der Waals surface area contributed by atoms with E-state index in [9.17, 15) is 4.79 Å². The second kappa shape index (κ2) is 11.8. The maximum Gasteiger partial charge on any atom is 0.340 e. The van der Waals surface area contributed by atoms with Crippen molar-refractivity contribution in [2.75, 3.05) is 20.8 Å². The standard InChI is InChI=1S/C31H37NO4/c1-9-36-31(33)27(26-13-11-10-12-19(26)2)18-32-28(24-14-20(3)29(34-7)21(4)15-24)25-16-22(5)30(35-8)23(6)17-25/h10-18,28,32H,9H2,1-8H3/b27-18+. The van der Waals surface area contributed by atoms with Crippen LogP contribution in [0, 0.1) is 34.6 Å². The Balaban J connectivity index is 2.18. The molecular formula is C31H37NO4. The number of methoxy groups -OCH3 is 2. The van der Waals surface area contributed by atoms with Crippen molar-refractivity contribution >= 4 is 11.5 Å². The van der Waals surface area contributed by atoms with E-state index in [0.717, 1.165) is 56.0 Å². The van der Waals surface area contributed by atoms with Gasteiger partial charge in [0.2, 0.25) is 0 Å². The lowest BCUT2D eigenvalue weighted by Crippen LogP contribution is -2.20. The smallest absolute Gasteiger partial charge is 0.340 e. The minimum absolute atomic E-state index is 0.218. The van der Waals surface area contributed by atoms with Gasteiger partial charge in [0.15, 0.2) is 0 Å². The molecule has 5 heteroatoms. The Morgan fingerprint density at radius 1 is 0.806 bits per heavy atom. The molecule has 190 valence electrons. The van der Waals surface area contributed by atoms with Gasteiger partial charge in [0.05, 0.1) is 32.4 Å². The van der Waals surface area contributed by atoms with Crippen LogP contribution >= 0.6 is 0 Å². The fourth-order valence-electron chi connectivity index (χ4n) is 4.83. The van der Waals surface area contributed by atoms with Gasteiger partial charge in [-0.1, -0.05) is 24.3 Å². The Labute approximate surface area is 215 Å². The fourth-order valence-corrected chi connectivity index (χ4v) is 4.83. The van der Waals surface area contributed by atoms with E-state index in [2.05, 4.69) is 29.6 Å². The number of carbonyl (C=O) groups is 1. The number of ether oxygens (including phenoxy) is 3. The fraction of sp³-hybridized carbons (Fsp3) is 0.323. The quantitative estimate of drug-likeness (QED) is 0.275. The molecule has 1 N–H and O–H groups in total. The maximum absolute atomic E-state index is 13.0. The summed E-state index contributed by atoms with van der Waals surface area (Å²) in [7, 11) is 3.38. The molecular weight excluding hydrogens is 450 g/mol. The summed E-state index contributed by atoms with van der Waals surface area (Å²) in [6, 6.07) is 16.1. The van der Waals surface area contributed by atoms with Gasteiger partial charge in [-0.25, -0.2) is 4.79 Å². The molecule has 0 bridgehead atoms. The summed E-state index contributed by atoms with van der Waals surface area (Å²) in [5.41, 5.74) is 8.67. The second-order valence-electron chi connectivity index (χ2n) is 9.07. The molecule has 3 rings (SSSR count). The molecule has 0 aliphatic carbocycles. The van der Waals surface area contributed by atoms with Crippen LogP contribution in [0.3, 0.4) is 0 Å². The van der Waals surface area contributed by atoms with Gasteiger partial charge >= 0.3 is 5.97 Å². The van der Waals surface area contributed by atoms with E-state index in [1.807, 2.05) is 65.8 Å². The SMILES string of the molecule is CCOC(=O)/C(=C/NC(c1cc(C)c(OC)c(C)c1)c1cc(C)c(OC)c(C)c1)c1ccccc1C. The van der Waals surface area contributed by atoms with Crippen molar-refractivity contribution in [1.82, 2.24) is 5.32 Å². The van der Waals surface area contributed by atoms with Gasteiger partial charge in [0.1, 0.15) is 11.5 Å². The number of nitrogens with one attached hydrogen (secondary N) is 1. The summed E-state index contributed by atoms with van der Waals surface area (Å²) in [5, 5.41) is 3.56. The maximum atomic E-state index is 13.0. The average molecular weight is 488 g/mol. The Kier molecular flexibility index (Phi) is 8.81. The molecule has 0 amide bonds. The van der Waals surface area contributed by atoms with Crippen LogP contribution in [0.1, 0.15) is 57.5 Å². The average Bonchev–Trinajstić information content (AvgIpc) is 2.82. The van der Waals surface area contributed by atoms with Gasteiger partial charge in [0.25, 0.3) is 0 Å². The largest absolute Gasteiger partial charge is 0.496 e. The number of esters is 1. The normalized spacial score (nSPS) is 11.4. The highest BCUT2D eigenvalue weighted by Gasteiger charge is 2.21. The van der Waals surface area contributed by atoms with Crippen LogP contribution < -0.4 is 14.8 Å². The van der Waals surface area contributed by atoms with Crippen molar-refractivity contribution in [2.24, 2.45) is 0 Å². The van der Waals surface area contributed by atoms with E-state index in [1.54, 1.807) is 20.4 Å². The molecule has 0 aliphatic heterocycles. The molecule has 36 heavy (non-hydrogen) atoms. The lowest BCUT2D eigenvalue weighted by atomic mass is 9.92. The molecule has 0 fully saturated rings. The van der Waals surface area contributed by atoms with Crippen molar-refractivity contribution < 1.29 is 19.0 Å². The molecule has 0 heterocycles. The molecule has 3 aromatic carbocycles. The highest BCUT2D eigenvalue weighted by Crippen LogP contribution is 2.34. The number of carbonyl (C=O) groups excluding carboxylic acids is 1. The second-order valence-corrected chi connectivity index (χ2v) is 9.07. The zero-order chi connectivity index (χ0) is 26.4. The van der Waals surface area contributed by atoms with Crippen molar-refractivity contribution in [2.45, 2.75) is 47.6 Å². The number of rotatable bonds is 9. The summed E-state index contributed by atoms with van der Waals surface area (Å²) in [6.07, 6.45) is 1.79. The van der Waals surface area contributed by atoms with Gasteiger partial charge in [-0.15, -0.1) is 0 Å². The Morgan fingerprint density at radius 2 is 1.28 bits per heavy atom. The first-order valence-corrected chi connectivity index (χ1v) is 12.2. The third kappa shape index (κ3) is 5.73. The van der Waals surface area contributed by atoms with Crippen LogP contribution in [0.4, 0.5) is 0 Å². The van der Waals surface area contributed by atoms with Crippen LogP contribution in [-0.4, -0.2) is 26.8 Å². The van der Waals surface area contributed by atoms with E-state index in [1.165, 1.54) is 0 Å². The third-order valence-electron chi connectivity index (χ3n) is 6.37. The molecule has 0 spiro atoms. The first-order chi connectivity index (χ1) is 17.2. The lowest BCUT2D eigenvalue weighted by Gasteiger charge is -2.23. The van der Waals surface area contributed by atoms with Crippen molar-refractivity contribution in [3.05, 3.63) is 99.2 Å². The van der Waals surface area contributed by atoms with Gasteiger partial charge in [0, 0.05) is 6.20 Å². The summed E-state index contributed by atoms with van der Waals surface area (Å²) in [4.78, 5) is 13.0. The number of hydrogen-bond donors (Lipinski definition) is 1. The van der Waals surface area contributed by atoms with Crippen LogP contribution in [0.15, 0.2) is 54.7 Å². The van der Waals surface area contributed by atoms with Gasteiger partial charge in [-0.3, -0.25) is 0 Å². The van der Waals surface area contributed by atoms with Crippen LogP contribution in [-0.2, 0) is 9.53 Å². The molecule has 0 saturated carbocycles. The number of aryl methyl sites for hydroxylation is 5. The zero-order valence-corrected chi connectivity index (χ0v) is 22.6. The zero-order valence-electron chi connectivity index (χ0n) is 22.6. The van der Waals surface area contributed by atoms with Gasteiger partial charge < -0.3 is 19.5 Å². The lowest BCUT2D eigenvalue weighted by molar-refractivity contribution is -0.136. The molecule has 3 aromatic rings. The van der Waals surface area contributed by atoms with Crippen molar-refractivity contribution in [3.63, 3.8) is 0 Å². The molecule has 0 radical (unpaired) electrons. The molecule has 0 saturated heterocycles. The highest BCUT2D eigenvalue weighted by molar-refractivity contribution is 6.16. The Hall–Kier alpha value is -3.73. The highest BCUT2D eigenvalue weighted by atomic mass is 16.5. The molecule has 0 unspecified atom stereocenters. The van der Waals surface area contributed by atoms with E-state index in [4.69, 9.17) is 14.2 Å². The van der Waals surface area contributed by atoms with Crippen molar-refractivity contribution in [1.29, 1.82) is 0 Å². The Bertz CT molecular complexity index is 1170. The topological polar surface area (TPSA) is 56.8 Å². The van der Waals surface area contributed by atoms with E-state index in [-0.39, 0.29) is 12.0 Å². The van der Waals surface area contributed by atoms with E-state index < -0.39 is 0 Å². The predicted octanol–water partition coefficient (Wildman–Crippen LogP) is 6.53. The van der Waals surface area contributed by atoms with Gasteiger partial charge in [-0.2, -0.15) is 0 Å². The van der Waals surface area contributed by atoms with Crippen LogP contribution in [0.5, 0.6) is 11.5 Å². The third-order valence-corrected chi connectivity index (χ3v) is 6.37. The minimum Gasteiger partial charge on any atom is -0.496 e. The summed E-state index contributed by atoms with van der Waals surface area (Å²) >= 11 is 0. The molecule has 5 nitrogen and oxygen atoms in total. The van der Waals surface area contributed by atoms with Gasteiger partial charge in [-0.05, 0) is 110 Å². The summed E-state index contributed by atoms with van der Waals surface area (Å²) in [5.74, 6) is 1.40. The van der Waals surface area contributed by atoms with Crippen molar-refractivity contribution in [3.8, 4) is 11.5 Å². The number of hydrogen-bond acceptors (Lipinski definition) is 5. The monoisotopic (exact) mass is 487 g/mol.